The molecule has 2 nitrogen and oxygen atoms in total. The molecule has 0 heterocycles. The lowest BCUT2D eigenvalue weighted by Crippen LogP contribution is -2.18. The summed E-state index contributed by atoms with van der Waals surface area (Å²) in [5.74, 6) is 0. The maximum absolute atomic E-state index is 3.83. The van der Waals surface area contributed by atoms with E-state index in [0.717, 1.165) is 12.6 Å². The maximum Gasteiger partial charge on any atom is 0.0430 e. The largest absolute Gasteiger partial charge is 0.380 e. The van der Waals surface area contributed by atoms with E-state index in [1.165, 1.54) is 43.4 Å². The Bertz CT molecular complexity index is 1440. The number of benzene rings is 6. The van der Waals surface area contributed by atoms with Crippen LogP contribution in [0.4, 0.5) is 11.4 Å². The second-order valence-corrected chi connectivity index (χ2v) is 14.0. The van der Waals surface area contributed by atoms with Crippen molar-refractivity contribution in [2.45, 2.75) is 0 Å². The zero-order valence-electron chi connectivity index (χ0n) is 22.3. The highest BCUT2D eigenvalue weighted by Crippen LogP contribution is 2.37. The third-order valence-corrected chi connectivity index (χ3v) is 11.7. The molecule has 0 aliphatic rings. The monoisotopic (exact) mass is 554 g/mol. The molecule has 0 atom stereocenters. The fraction of sp³-hybridized carbons (Fsp3) is 0.0556. The fourth-order valence-electron chi connectivity index (χ4n) is 5.04. The van der Waals surface area contributed by atoms with E-state index in [-0.39, 0.29) is 0 Å². The molecular weight excluding hydrogens is 522 g/mol. The Morgan fingerprint density at radius 3 is 0.925 bits per heavy atom. The highest BCUT2D eigenvalue weighted by atomic mass is 31.1. The molecule has 4 heteroatoms. The zero-order chi connectivity index (χ0) is 27.0. The van der Waals surface area contributed by atoms with E-state index in [9.17, 15) is 0 Å². The molecule has 40 heavy (non-hydrogen) atoms. The van der Waals surface area contributed by atoms with Crippen LogP contribution in [0.3, 0.4) is 0 Å². The van der Waals surface area contributed by atoms with Crippen LogP contribution in [0.25, 0.3) is 10.8 Å². The van der Waals surface area contributed by atoms with Gasteiger partial charge in [-0.3, -0.25) is 0 Å². The summed E-state index contributed by atoms with van der Waals surface area (Å²) in [6.45, 7) is 0. The summed E-state index contributed by atoms with van der Waals surface area (Å²) in [6, 6.07) is 56.7. The lowest BCUT2D eigenvalue weighted by molar-refractivity contribution is 1.45. The first-order valence-corrected chi connectivity index (χ1v) is 16.7. The highest BCUT2D eigenvalue weighted by molar-refractivity contribution is 7.73. The second kappa shape index (κ2) is 12.9. The van der Waals surface area contributed by atoms with Crippen molar-refractivity contribution in [2.75, 3.05) is 23.2 Å². The fourth-order valence-corrected chi connectivity index (χ4v) is 9.15. The van der Waals surface area contributed by atoms with Gasteiger partial charge in [-0.25, -0.2) is 0 Å². The molecule has 0 bridgehead atoms. The van der Waals surface area contributed by atoms with E-state index in [0.29, 0.717) is 0 Å². The number of anilines is 2. The van der Waals surface area contributed by atoms with Gasteiger partial charge >= 0.3 is 0 Å². The quantitative estimate of drug-likeness (QED) is 0.169. The molecule has 0 saturated heterocycles. The van der Waals surface area contributed by atoms with Gasteiger partial charge in [0, 0.05) is 34.7 Å². The Labute approximate surface area is 239 Å². The summed E-state index contributed by atoms with van der Waals surface area (Å²) in [5.41, 5.74) is 2.35. The van der Waals surface area contributed by atoms with Crippen LogP contribution >= 0.6 is 15.8 Å². The number of hydrogen-bond acceptors (Lipinski definition) is 2. The van der Waals surface area contributed by atoms with E-state index in [1.54, 1.807) is 0 Å². The molecule has 0 unspecified atom stereocenters. The van der Waals surface area contributed by atoms with Gasteiger partial charge in [0.25, 0.3) is 0 Å². The minimum atomic E-state index is -0.529. The van der Waals surface area contributed by atoms with Gasteiger partial charge in [-0.1, -0.05) is 146 Å². The molecule has 0 aliphatic carbocycles. The Balaban J connectivity index is 1.26. The van der Waals surface area contributed by atoms with Crippen LogP contribution in [-0.2, 0) is 0 Å². The standard InChI is InChI=1S/C36H32N2P2/c1-5-15-29(16-6-1)39(30-17-7-2-8-18-30)27-37-35-25-13-24-34-33(35)23-14-26-36(34)38-28-40(31-19-9-3-10-20-31)32-21-11-4-12-22-32/h1-26,37-38H,27-28H2. The summed E-state index contributed by atoms with van der Waals surface area (Å²) in [7, 11) is -1.06. The van der Waals surface area contributed by atoms with Crippen molar-refractivity contribution in [1.29, 1.82) is 0 Å². The van der Waals surface area contributed by atoms with E-state index in [1.807, 2.05) is 0 Å². The van der Waals surface area contributed by atoms with Gasteiger partial charge in [-0.15, -0.1) is 0 Å². The Morgan fingerprint density at radius 1 is 0.325 bits per heavy atom. The minimum Gasteiger partial charge on any atom is -0.380 e. The zero-order valence-corrected chi connectivity index (χ0v) is 24.1. The predicted molar refractivity (Wildman–Crippen MR) is 179 cm³/mol. The van der Waals surface area contributed by atoms with Gasteiger partial charge in [-0.2, -0.15) is 0 Å². The summed E-state index contributed by atoms with van der Waals surface area (Å²) in [5, 5.41) is 15.7. The SMILES string of the molecule is c1ccc(P(CNc2cccc3c(NCP(c4ccccc4)c4ccccc4)cccc23)c2ccccc2)cc1. The van der Waals surface area contributed by atoms with Crippen molar-refractivity contribution >= 4 is 59.2 Å². The normalized spacial score (nSPS) is 11.2. The average Bonchev–Trinajstić information content (AvgIpc) is 3.03. The molecule has 6 aromatic carbocycles. The topological polar surface area (TPSA) is 24.1 Å². The number of fused-ring (bicyclic) bond motifs is 1. The third-order valence-electron chi connectivity index (χ3n) is 7.05. The van der Waals surface area contributed by atoms with Crippen molar-refractivity contribution in [3.63, 3.8) is 0 Å². The summed E-state index contributed by atoms with van der Waals surface area (Å²) in [6.07, 6.45) is 1.76. The van der Waals surface area contributed by atoms with Crippen molar-refractivity contribution in [3.05, 3.63) is 158 Å². The summed E-state index contributed by atoms with van der Waals surface area (Å²) in [4.78, 5) is 0. The molecule has 0 aromatic heterocycles. The second-order valence-electron chi connectivity index (χ2n) is 9.57. The van der Waals surface area contributed by atoms with E-state index >= 15 is 0 Å². The lowest BCUT2D eigenvalue weighted by Gasteiger charge is -2.22. The van der Waals surface area contributed by atoms with Crippen molar-refractivity contribution < 1.29 is 0 Å². The van der Waals surface area contributed by atoms with Crippen LogP contribution in [-0.4, -0.2) is 12.6 Å². The molecule has 6 rings (SSSR count). The first-order chi connectivity index (χ1) is 19.9. The Hall–Kier alpha value is -3.96. The Morgan fingerprint density at radius 2 is 0.625 bits per heavy atom. The van der Waals surface area contributed by atoms with Crippen molar-refractivity contribution in [1.82, 2.24) is 0 Å². The molecule has 2 N–H and O–H groups in total. The number of hydrogen-bond donors (Lipinski definition) is 2. The van der Waals surface area contributed by atoms with Gasteiger partial charge in [-0.05, 0) is 49.2 Å². The molecule has 0 fully saturated rings. The summed E-state index contributed by atoms with van der Waals surface area (Å²) < 4.78 is 0. The highest BCUT2D eigenvalue weighted by Gasteiger charge is 2.16. The molecule has 196 valence electrons. The molecule has 0 amide bonds. The Kier molecular flexibility index (Phi) is 8.49. The molecule has 0 spiro atoms. The van der Waals surface area contributed by atoms with Gasteiger partial charge in [0.2, 0.25) is 0 Å². The van der Waals surface area contributed by atoms with Crippen LogP contribution in [0.5, 0.6) is 0 Å². The number of rotatable bonds is 10. The molecular formula is C36H32N2P2. The van der Waals surface area contributed by atoms with Gasteiger partial charge in [0.15, 0.2) is 0 Å². The molecule has 0 saturated carbocycles. The summed E-state index contributed by atoms with van der Waals surface area (Å²) >= 11 is 0. The van der Waals surface area contributed by atoms with Crippen molar-refractivity contribution in [2.24, 2.45) is 0 Å². The molecule has 6 aromatic rings. The van der Waals surface area contributed by atoms with Gasteiger partial charge in [0.1, 0.15) is 0 Å². The van der Waals surface area contributed by atoms with Crippen LogP contribution in [0.15, 0.2) is 158 Å². The van der Waals surface area contributed by atoms with Crippen LogP contribution in [0, 0.1) is 0 Å². The molecule has 0 aliphatic heterocycles. The van der Waals surface area contributed by atoms with E-state index < -0.39 is 15.8 Å². The lowest BCUT2D eigenvalue weighted by atomic mass is 10.1. The van der Waals surface area contributed by atoms with Crippen molar-refractivity contribution in [3.8, 4) is 0 Å². The van der Waals surface area contributed by atoms with Gasteiger partial charge < -0.3 is 10.6 Å². The van der Waals surface area contributed by atoms with Crippen LogP contribution in [0.1, 0.15) is 0 Å². The maximum atomic E-state index is 3.83. The first-order valence-electron chi connectivity index (χ1n) is 13.6. The number of nitrogens with one attached hydrogen (secondary N) is 2. The smallest absolute Gasteiger partial charge is 0.0430 e. The average molecular weight is 555 g/mol. The van der Waals surface area contributed by atoms with E-state index in [2.05, 4.69) is 168 Å². The minimum absolute atomic E-state index is 0.529. The predicted octanol–water partition coefficient (Wildman–Crippen LogP) is 7.84. The third kappa shape index (κ3) is 6.10. The van der Waals surface area contributed by atoms with Crippen LogP contribution < -0.4 is 31.9 Å². The van der Waals surface area contributed by atoms with E-state index in [4.69, 9.17) is 0 Å². The van der Waals surface area contributed by atoms with Gasteiger partial charge in [0.05, 0.1) is 0 Å². The first kappa shape index (κ1) is 26.3. The molecule has 0 radical (unpaired) electrons. The van der Waals surface area contributed by atoms with Crippen LogP contribution in [0.2, 0.25) is 0 Å².